The molecule has 33 heavy (non-hydrogen) atoms. The number of nitrogens with zero attached hydrogens (tertiary/aromatic N) is 2. The summed E-state index contributed by atoms with van der Waals surface area (Å²) in [6.45, 7) is 4.66. The van der Waals surface area contributed by atoms with Crippen molar-refractivity contribution in [2.45, 2.75) is 27.0 Å². The van der Waals surface area contributed by atoms with Gasteiger partial charge < -0.3 is 10.1 Å². The van der Waals surface area contributed by atoms with E-state index in [0.717, 1.165) is 22.5 Å². The first-order chi connectivity index (χ1) is 15.9. The maximum Gasteiger partial charge on any atom is 0.255 e. The van der Waals surface area contributed by atoms with Crippen LogP contribution >= 0.6 is 23.2 Å². The SMILES string of the molecule is Cc1nn(Cc2ccccc2Cl)c(C)c1NC(=O)c1cccc(COc2cccc(Cl)c2)c1. The summed E-state index contributed by atoms with van der Waals surface area (Å²) in [4.78, 5) is 13.0. The zero-order valence-electron chi connectivity index (χ0n) is 18.3. The molecule has 0 unspecified atom stereocenters. The van der Waals surface area contributed by atoms with E-state index in [4.69, 9.17) is 27.9 Å². The van der Waals surface area contributed by atoms with E-state index in [0.29, 0.717) is 40.2 Å². The molecule has 0 atom stereocenters. The molecule has 4 rings (SSSR count). The van der Waals surface area contributed by atoms with Crippen LogP contribution in [0.25, 0.3) is 0 Å². The molecule has 168 valence electrons. The van der Waals surface area contributed by atoms with Gasteiger partial charge in [0.1, 0.15) is 12.4 Å². The van der Waals surface area contributed by atoms with Crippen molar-refractivity contribution in [2.75, 3.05) is 5.32 Å². The van der Waals surface area contributed by atoms with Crippen LogP contribution in [-0.4, -0.2) is 15.7 Å². The van der Waals surface area contributed by atoms with Crippen LogP contribution in [0.15, 0.2) is 72.8 Å². The maximum atomic E-state index is 13.0. The smallest absolute Gasteiger partial charge is 0.255 e. The summed E-state index contributed by atoms with van der Waals surface area (Å²) < 4.78 is 7.64. The molecule has 1 N–H and O–H groups in total. The Kier molecular flexibility index (Phi) is 7.02. The van der Waals surface area contributed by atoms with Crippen LogP contribution in [-0.2, 0) is 13.2 Å². The predicted molar refractivity (Wildman–Crippen MR) is 132 cm³/mol. The van der Waals surface area contributed by atoms with E-state index in [-0.39, 0.29) is 5.91 Å². The van der Waals surface area contributed by atoms with Gasteiger partial charge in [-0.15, -0.1) is 0 Å². The summed E-state index contributed by atoms with van der Waals surface area (Å²) in [5.41, 5.74) is 4.70. The Labute approximate surface area is 202 Å². The van der Waals surface area contributed by atoms with Crippen molar-refractivity contribution in [1.82, 2.24) is 9.78 Å². The van der Waals surface area contributed by atoms with Gasteiger partial charge in [0.25, 0.3) is 5.91 Å². The Bertz CT molecular complexity index is 1300. The highest BCUT2D eigenvalue weighted by Crippen LogP contribution is 2.24. The molecule has 0 radical (unpaired) electrons. The van der Waals surface area contributed by atoms with E-state index in [9.17, 15) is 4.79 Å². The molecule has 0 aliphatic rings. The predicted octanol–water partition coefficient (Wildman–Crippen LogP) is 6.69. The molecule has 0 saturated heterocycles. The first kappa shape index (κ1) is 22.9. The second-order valence-electron chi connectivity index (χ2n) is 7.70. The highest BCUT2D eigenvalue weighted by molar-refractivity contribution is 6.31. The Morgan fingerprint density at radius 1 is 1.00 bits per heavy atom. The molecule has 7 heteroatoms. The van der Waals surface area contributed by atoms with Crippen molar-refractivity contribution in [1.29, 1.82) is 0 Å². The van der Waals surface area contributed by atoms with Gasteiger partial charge in [0.2, 0.25) is 0 Å². The molecule has 1 heterocycles. The second kappa shape index (κ2) is 10.1. The van der Waals surface area contributed by atoms with Gasteiger partial charge >= 0.3 is 0 Å². The molecule has 0 saturated carbocycles. The molecule has 4 aromatic rings. The minimum atomic E-state index is -0.205. The molecule has 1 amide bonds. The fraction of sp³-hybridized carbons (Fsp3) is 0.154. The van der Waals surface area contributed by atoms with E-state index in [1.807, 2.05) is 73.1 Å². The molecule has 3 aromatic carbocycles. The molecule has 0 bridgehead atoms. The Morgan fingerprint density at radius 3 is 2.58 bits per heavy atom. The van der Waals surface area contributed by atoms with Gasteiger partial charge in [0, 0.05) is 15.6 Å². The molecule has 0 fully saturated rings. The maximum absolute atomic E-state index is 13.0. The van der Waals surface area contributed by atoms with Crippen LogP contribution < -0.4 is 10.1 Å². The lowest BCUT2D eigenvalue weighted by Gasteiger charge is -2.10. The van der Waals surface area contributed by atoms with Crippen molar-refractivity contribution in [3.05, 3.63) is 111 Å². The fourth-order valence-corrected chi connectivity index (χ4v) is 3.91. The van der Waals surface area contributed by atoms with Crippen LogP contribution in [0.4, 0.5) is 5.69 Å². The lowest BCUT2D eigenvalue weighted by atomic mass is 10.1. The average molecular weight is 480 g/mol. The van der Waals surface area contributed by atoms with Gasteiger partial charge in [0.05, 0.1) is 23.6 Å². The number of carbonyl (C=O) groups excluding carboxylic acids is 1. The van der Waals surface area contributed by atoms with Crippen molar-refractivity contribution in [3.63, 3.8) is 0 Å². The number of ether oxygens (including phenoxy) is 1. The topological polar surface area (TPSA) is 56.2 Å². The summed E-state index contributed by atoms with van der Waals surface area (Å²) in [6.07, 6.45) is 0. The van der Waals surface area contributed by atoms with Crippen molar-refractivity contribution < 1.29 is 9.53 Å². The summed E-state index contributed by atoms with van der Waals surface area (Å²) >= 11 is 12.3. The lowest BCUT2D eigenvalue weighted by molar-refractivity contribution is 0.102. The number of benzene rings is 3. The number of halogens is 2. The molecule has 0 spiro atoms. The zero-order valence-corrected chi connectivity index (χ0v) is 19.8. The third kappa shape index (κ3) is 5.56. The Hall–Kier alpha value is -3.28. The van der Waals surface area contributed by atoms with Gasteiger partial charge in [-0.25, -0.2) is 0 Å². The number of carbonyl (C=O) groups is 1. The average Bonchev–Trinajstić information content (AvgIpc) is 3.07. The number of rotatable bonds is 7. The highest BCUT2D eigenvalue weighted by Gasteiger charge is 2.16. The van der Waals surface area contributed by atoms with Gasteiger partial charge in [-0.05, 0) is 61.4 Å². The second-order valence-corrected chi connectivity index (χ2v) is 8.54. The van der Waals surface area contributed by atoms with Crippen molar-refractivity contribution in [2.24, 2.45) is 0 Å². The summed E-state index contributed by atoms with van der Waals surface area (Å²) in [5, 5.41) is 8.90. The van der Waals surface area contributed by atoms with Crippen LogP contribution in [0.3, 0.4) is 0 Å². The number of hydrogen-bond donors (Lipinski definition) is 1. The van der Waals surface area contributed by atoms with Crippen LogP contribution in [0.2, 0.25) is 10.0 Å². The minimum absolute atomic E-state index is 0.205. The quantitative estimate of drug-likeness (QED) is 0.321. The third-order valence-corrected chi connectivity index (χ3v) is 5.89. The van der Waals surface area contributed by atoms with E-state index < -0.39 is 0 Å². The van der Waals surface area contributed by atoms with Gasteiger partial charge in [-0.1, -0.05) is 59.6 Å². The molecule has 0 aliphatic heterocycles. The molecule has 0 aliphatic carbocycles. The Balaban J connectivity index is 1.46. The number of nitrogens with one attached hydrogen (secondary N) is 1. The number of aromatic nitrogens is 2. The molecular weight excluding hydrogens is 457 g/mol. The zero-order chi connectivity index (χ0) is 23.4. The number of anilines is 1. The van der Waals surface area contributed by atoms with Crippen LogP contribution in [0.1, 0.15) is 32.9 Å². The van der Waals surface area contributed by atoms with Gasteiger partial charge in [-0.2, -0.15) is 5.10 Å². The number of hydrogen-bond acceptors (Lipinski definition) is 3. The fourth-order valence-electron chi connectivity index (χ4n) is 3.53. The van der Waals surface area contributed by atoms with Gasteiger partial charge in [-0.3, -0.25) is 9.48 Å². The van der Waals surface area contributed by atoms with E-state index in [1.54, 1.807) is 18.2 Å². The van der Waals surface area contributed by atoms with Crippen molar-refractivity contribution >= 4 is 34.8 Å². The van der Waals surface area contributed by atoms with Crippen LogP contribution in [0, 0.1) is 13.8 Å². The number of aryl methyl sites for hydroxylation is 1. The third-order valence-electron chi connectivity index (χ3n) is 5.29. The standard InChI is InChI=1S/C26H23Cl2N3O2/c1-17-25(18(2)31(30-17)15-21-8-3-4-12-24(21)28)29-26(32)20-9-5-7-19(13-20)16-33-23-11-6-10-22(27)14-23/h3-14H,15-16H2,1-2H3,(H,29,32). The molecule has 1 aromatic heterocycles. The molecule has 5 nitrogen and oxygen atoms in total. The normalized spacial score (nSPS) is 10.8. The van der Waals surface area contributed by atoms with Gasteiger partial charge in [0.15, 0.2) is 0 Å². The van der Waals surface area contributed by atoms with E-state index >= 15 is 0 Å². The first-order valence-corrected chi connectivity index (χ1v) is 11.2. The number of amides is 1. The molecular formula is C26H23Cl2N3O2. The first-order valence-electron chi connectivity index (χ1n) is 10.5. The summed E-state index contributed by atoms with van der Waals surface area (Å²) in [5.74, 6) is 0.470. The van der Waals surface area contributed by atoms with Crippen LogP contribution in [0.5, 0.6) is 5.75 Å². The van der Waals surface area contributed by atoms with E-state index in [1.165, 1.54) is 0 Å². The Morgan fingerprint density at radius 2 is 1.79 bits per heavy atom. The highest BCUT2D eigenvalue weighted by atomic mass is 35.5. The van der Waals surface area contributed by atoms with Crippen molar-refractivity contribution in [3.8, 4) is 5.75 Å². The lowest BCUT2D eigenvalue weighted by Crippen LogP contribution is -2.14. The summed E-state index contributed by atoms with van der Waals surface area (Å²) in [6, 6.07) is 22.2. The monoisotopic (exact) mass is 479 g/mol. The summed E-state index contributed by atoms with van der Waals surface area (Å²) in [7, 11) is 0. The minimum Gasteiger partial charge on any atom is -0.489 e. The largest absolute Gasteiger partial charge is 0.489 e. The van der Waals surface area contributed by atoms with E-state index in [2.05, 4.69) is 10.4 Å².